The summed E-state index contributed by atoms with van der Waals surface area (Å²) in [7, 11) is 0. The Labute approximate surface area is 252 Å². The van der Waals surface area contributed by atoms with Crippen LogP contribution in [0.25, 0.3) is 0 Å². The zero-order chi connectivity index (χ0) is 29.0. The van der Waals surface area contributed by atoms with Crippen LogP contribution in [-0.2, 0) is 11.1 Å². The molecule has 2 nitrogen and oxygen atoms in total. The van der Waals surface area contributed by atoms with E-state index in [1.165, 1.54) is 5.56 Å². The number of hydrogen-bond acceptors (Lipinski definition) is 2. The van der Waals surface area contributed by atoms with Crippen molar-refractivity contribution in [2.45, 2.75) is 18.1 Å². The van der Waals surface area contributed by atoms with Crippen LogP contribution in [0, 0.1) is 6.92 Å². The Morgan fingerprint density at radius 1 is 0.476 bits per heavy atom. The molecule has 0 amide bonds. The lowest BCUT2D eigenvalue weighted by Crippen LogP contribution is -2.38. The van der Waals surface area contributed by atoms with Gasteiger partial charge in [-0.05, 0) is 52.9 Å². The summed E-state index contributed by atoms with van der Waals surface area (Å²) >= 11 is 6.95. The zero-order valence-corrected chi connectivity index (χ0v) is 24.2. The minimum atomic E-state index is -1.31. The van der Waals surface area contributed by atoms with Crippen molar-refractivity contribution in [1.82, 2.24) is 0 Å². The first kappa shape index (κ1) is 27.5. The maximum atomic E-state index is 12.3. The van der Waals surface area contributed by atoms with Gasteiger partial charge in [-0.25, -0.2) is 0 Å². The molecule has 0 heterocycles. The van der Waals surface area contributed by atoms with E-state index in [0.717, 1.165) is 39.1 Å². The Balaban J connectivity index is 1.51. The highest BCUT2D eigenvalue weighted by molar-refractivity contribution is 6.31. The maximum Gasteiger partial charge on any atom is 0.140 e. The van der Waals surface area contributed by atoms with Crippen molar-refractivity contribution in [1.29, 1.82) is 0 Å². The highest BCUT2D eigenvalue weighted by Crippen LogP contribution is 2.44. The van der Waals surface area contributed by atoms with Crippen LogP contribution >= 0.6 is 11.6 Å². The molecule has 1 unspecified atom stereocenters. The van der Waals surface area contributed by atoms with Gasteiger partial charge < -0.3 is 10.4 Å². The molecule has 1 atom stereocenters. The molecule has 6 rings (SSSR count). The van der Waals surface area contributed by atoms with Gasteiger partial charge >= 0.3 is 0 Å². The fourth-order valence-electron chi connectivity index (χ4n) is 5.82. The molecule has 0 aliphatic rings. The van der Waals surface area contributed by atoms with Gasteiger partial charge in [0.1, 0.15) is 11.1 Å². The number of aryl methyl sites for hydroxylation is 1. The third-order valence-corrected chi connectivity index (χ3v) is 8.32. The molecule has 0 radical (unpaired) electrons. The van der Waals surface area contributed by atoms with Crippen LogP contribution in [0.2, 0.25) is 5.02 Å². The third kappa shape index (κ3) is 5.00. The van der Waals surface area contributed by atoms with Crippen LogP contribution in [0.4, 0.5) is 5.69 Å². The Hall–Kier alpha value is -4.63. The first-order valence-electron chi connectivity index (χ1n) is 14.1. The summed E-state index contributed by atoms with van der Waals surface area (Å²) in [6.07, 6.45) is 0. The van der Waals surface area contributed by atoms with Crippen molar-refractivity contribution in [3.05, 3.63) is 208 Å². The van der Waals surface area contributed by atoms with E-state index in [0.29, 0.717) is 5.02 Å². The lowest BCUT2D eigenvalue weighted by Gasteiger charge is -2.38. The van der Waals surface area contributed by atoms with Crippen molar-refractivity contribution in [3.8, 4) is 0 Å². The first-order chi connectivity index (χ1) is 20.5. The molecule has 2 N–H and O–H groups in total. The average molecular weight is 566 g/mol. The summed E-state index contributed by atoms with van der Waals surface area (Å²) in [5.74, 6) is 0. The molecule has 0 saturated heterocycles. The number of halogens is 1. The monoisotopic (exact) mass is 565 g/mol. The summed E-state index contributed by atoms with van der Waals surface area (Å²) in [4.78, 5) is 0. The Morgan fingerprint density at radius 3 is 1.40 bits per heavy atom. The van der Waals surface area contributed by atoms with Crippen molar-refractivity contribution in [2.75, 3.05) is 5.32 Å². The molecule has 6 aromatic rings. The molecular formula is C39H32ClNO. The summed E-state index contributed by atoms with van der Waals surface area (Å²) in [6, 6.07) is 54.7. The highest BCUT2D eigenvalue weighted by atomic mass is 35.5. The van der Waals surface area contributed by atoms with Crippen LogP contribution in [0.15, 0.2) is 164 Å². The lowest BCUT2D eigenvalue weighted by molar-refractivity contribution is 0.126. The molecule has 42 heavy (non-hydrogen) atoms. The van der Waals surface area contributed by atoms with Gasteiger partial charge in [0.05, 0.1) is 0 Å². The number of anilines is 1. The van der Waals surface area contributed by atoms with Crippen molar-refractivity contribution in [2.24, 2.45) is 0 Å². The Kier molecular flexibility index (Phi) is 7.67. The van der Waals surface area contributed by atoms with Gasteiger partial charge in [-0.1, -0.05) is 163 Å². The predicted octanol–water partition coefficient (Wildman–Crippen LogP) is 9.34. The van der Waals surface area contributed by atoms with Gasteiger partial charge in [0.15, 0.2) is 0 Å². The molecule has 6 aromatic carbocycles. The summed E-state index contributed by atoms with van der Waals surface area (Å²) < 4.78 is 0. The third-order valence-electron chi connectivity index (χ3n) is 7.99. The van der Waals surface area contributed by atoms with Gasteiger partial charge in [-0.2, -0.15) is 0 Å². The van der Waals surface area contributed by atoms with Crippen molar-refractivity contribution < 1.29 is 5.11 Å². The van der Waals surface area contributed by atoms with Gasteiger partial charge in [0, 0.05) is 16.3 Å². The SMILES string of the molecule is Cc1ccc(C(Nc2ccc(C(O)(c3ccccc3)c3ccccc3)cc2)(c2ccccc2)c2ccccc2Cl)cc1. The van der Waals surface area contributed by atoms with Gasteiger partial charge in [-0.3, -0.25) is 0 Å². The number of benzene rings is 6. The number of aliphatic hydroxyl groups is 1. The summed E-state index contributed by atoms with van der Waals surface area (Å²) in [6.45, 7) is 2.09. The average Bonchev–Trinajstić information content (AvgIpc) is 3.05. The van der Waals surface area contributed by atoms with E-state index >= 15 is 0 Å². The molecule has 0 aliphatic heterocycles. The standard InChI is InChI=1S/C39H32ClNO/c1-29-21-23-31(24-22-29)38(30-13-5-2-6-14-30,36-19-11-12-20-37(36)40)41-35-27-25-34(26-28-35)39(42,32-15-7-3-8-16-32)33-17-9-4-10-18-33/h2-28,41-42H,1H3. The minimum Gasteiger partial charge on any atom is -0.376 e. The van der Waals surface area contributed by atoms with E-state index in [1.807, 2.05) is 109 Å². The van der Waals surface area contributed by atoms with E-state index in [-0.39, 0.29) is 0 Å². The molecule has 206 valence electrons. The van der Waals surface area contributed by atoms with Gasteiger partial charge in [-0.15, -0.1) is 0 Å². The Bertz CT molecular complexity index is 1710. The molecule has 0 aromatic heterocycles. The van der Waals surface area contributed by atoms with Crippen molar-refractivity contribution >= 4 is 17.3 Å². The number of nitrogens with one attached hydrogen (secondary N) is 1. The zero-order valence-electron chi connectivity index (χ0n) is 23.4. The van der Waals surface area contributed by atoms with E-state index in [4.69, 9.17) is 11.6 Å². The number of hydrogen-bond donors (Lipinski definition) is 2. The topological polar surface area (TPSA) is 32.3 Å². The van der Waals surface area contributed by atoms with E-state index in [1.54, 1.807) is 0 Å². The summed E-state index contributed by atoms with van der Waals surface area (Å²) in [5.41, 5.74) is 5.49. The fraction of sp³-hybridized carbons (Fsp3) is 0.0769. The van der Waals surface area contributed by atoms with E-state index < -0.39 is 11.1 Å². The van der Waals surface area contributed by atoms with Crippen LogP contribution < -0.4 is 5.32 Å². The quantitative estimate of drug-likeness (QED) is 0.180. The number of rotatable bonds is 8. The highest BCUT2D eigenvalue weighted by Gasteiger charge is 2.39. The van der Waals surface area contributed by atoms with E-state index in [9.17, 15) is 5.11 Å². The molecule has 3 heteroatoms. The Morgan fingerprint density at radius 2 is 0.881 bits per heavy atom. The molecule has 0 bridgehead atoms. The second kappa shape index (κ2) is 11.7. The minimum absolute atomic E-state index is 0.675. The van der Waals surface area contributed by atoms with Crippen molar-refractivity contribution in [3.63, 3.8) is 0 Å². The molecule has 0 fully saturated rings. The summed E-state index contributed by atoms with van der Waals surface area (Å²) in [5, 5.41) is 16.9. The van der Waals surface area contributed by atoms with Gasteiger partial charge in [0.2, 0.25) is 0 Å². The predicted molar refractivity (Wildman–Crippen MR) is 174 cm³/mol. The normalized spacial score (nSPS) is 12.8. The molecule has 0 spiro atoms. The maximum absolute atomic E-state index is 12.3. The fourth-order valence-corrected chi connectivity index (χ4v) is 6.09. The van der Waals surface area contributed by atoms with E-state index in [2.05, 4.69) is 66.8 Å². The molecule has 0 aliphatic carbocycles. The van der Waals surface area contributed by atoms with Gasteiger partial charge in [0.25, 0.3) is 0 Å². The second-order valence-electron chi connectivity index (χ2n) is 10.6. The van der Waals surface area contributed by atoms with Crippen LogP contribution in [0.5, 0.6) is 0 Å². The van der Waals surface area contributed by atoms with Crippen LogP contribution in [-0.4, -0.2) is 5.11 Å². The largest absolute Gasteiger partial charge is 0.376 e. The first-order valence-corrected chi connectivity index (χ1v) is 14.5. The molecular weight excluding hydrogens is 534 g/mol. The molecule has 0 saturated carbocycles. The lowest BCUT2D eigenvalue weighted by atomic mass is 9.76. The smallest absolute Gasteiger partial charge is 0.140 e. The van der Waals surface area contributed by atoms with Crippen LogP contribution in [0.1, 0.15) is 38.9 Å². The second-order valence-corrected chi connectivity index (χ2v) is 11.0. The van der Waals surface area contributed by atoms with Crippen LogP contribution in [0.3, 0.4) is 0 Å².